The van der Waals surface area contributed by atoms with Crippen molar-refractivity contribution in [2.75, 3.05) is 0 Å². The predicted octanol–water partition coefficient (Wildman–Crippen LogP) is 6.35. The number of benzene rings is 2. The molecule has 2 aromatic carbocycles. The monoisotopic (exact) mass is 324 g/mol. The van der Waals surface area contributed by atoms with E-state index in [-0.39, 0.29) is 0 Å². The first-order chi connectivity index (χ1) is 10.2. The molecule has 0 heterocycles. The van der Waals surface area contributed by atoms with E-state index in [4.69, 9.17) is 0 Å². The van der Waals surface area contributed by atoms with Gasteiger partial charge in [0.15, 0.2) is 0 Å². The molecule has 0 unspecified atom stereocenters. The van der Waals surface area contributed by atoms with Crippen molar-refractivity contribution in [1.82, 2.24) is 0 Å². The summed E-state index contributed by atoms with van der Waals surface area (Å²) in [5, 5.41) is 3.27. The Kier molecular flexibility index (Phi) is 4.93. The number of hydrogen-bond acceptors (Lipinski definition) is 0. The molecule has 0 bridgehead atoms. The predicted molar refractivity (Wildman–Crippen MR) is 106 cm³/mol. The standard InChI is InChI=1S/C20H28Si2/c1-21(2,3)19(17-13-9-7-10-14-17)20(22(4,5)6)18-15-11-8-12-16-18/h7-16H,1-6H3/b20-19+. The Labute approximate surface area is 137 Å². The van der Waals surface area contributed by atoms with E-state index in [9.17, 15) is 0 Å². The van der Waals surface area contributed by atoms with Crippen LogP contribution in [0.15, 0.2) is 60.7 Å². The van der Waals surface area contributed by atoms with Gasteiger partial charge in [-0.3, -0.25) is 0 Å². The zero-order chi connectivity index (χ0) is 16.4. The summed E-state index contributed by atoms with van der Waals surface area (Å²) in [4.78, 5) is 0. The molecule has 2 rings (SSSR count). The first-order valence-electron chi connectivity index (χ1n) is 8.07. The summed E-state index contributed by atoms with van der Waals surface area (Å²) in [7, 11) is -2.94. The highest BCUT2D eigenvalue weighted by Gasteiger charge is 2.31. The maximum atomic E-state index is 2.47. The molecule has 2 heteroatoms. The molecule has 0 aliphatic rings. The maximum Gasteiger partial charge on any atom is 0.0782 e. The molecule has 0 amide bonds. The Morgan fingerprint density at radius 3 is 1.00 bits per heavy atom. The summed E-state index contributed by atoms with van der Waals surface area (Å²) < 4.78 is 0. The van der Waals surface area contributed by atoms with E-state index >= 15 is 0 Å². The first-order valence-corrected chi connectivity index (χ1v) is 15.1. The lowest BCUT2D eigenvalue weighted by Crippen LogP contribution is -2.32. The van der Waals surface area contributed by atoms with Crippen LogP contribution in [0.3, 0.4) is 0 Å². The lowest BCUT2D eigenvalue weighted by Gasteiger charge is -2.32. The van der Waals surface area contributed by atoms with Crippen molar-refractivity contribution in [3.8, 4) is 0 Å². The SMILES string of the molecule is C[Si](C)(C)/C(=C(\c1ccccc1)[Si](C)(C)C)c1ccccc1. The highest BCUT2D eigenvalue weighted by molar-refractivity contribution is 7.04. The van der Waals surface area contributed by atoms with Gasteiger partial charge in [-0.1, -0.05) is 110 Å². The molecule has 0 spiro atoms. The van der Waals surface area contributed by atoms with E-state index in [1.165, 1.54) is 11.1 Å². The second-order valence-corrected chi connectivity index (χ2v) is 18.0. The minimum Gasteiger partial charge on any atom is -0.0656 e. The summed E-state index contributed by atoms with van der Waals surface area (Å²) in [5.74, 6) is 0. The first kappa shape index (κ1) is 17.0. The molecule has 0 radical (unpaired) electrons. The molecule has 0 fully saturated rings. The third kappa shape index (κ3) is 3.87. The van der Waals surface area contributed by atoms with Gasteiger partial charge in [0.05, 0.1) is 16.1 Å². The largest absolute Gasteiger partial charge is 0.0782 e. The Balaban J connectivity index is 2.84. The van der Waals surface area contributed by atoms with Gasteiger partial charge in [-0.25, -0.2) is 0 Å². The molecule has 0 saturated carbocycles. The molecular weight excluding hydrogens is 296 g/mol. The fourth-order valence-corrected chi connectivity index (χ4v) is 9.22. The van der Waals surface area contributed by atoms with Crippen molar-refractivity contribution in [1.29, 1.82) is 0 Å². The summed E-state index contributed by atoms with van der Waals surface area (Å²) in [6.07, 6.45) is 0. The van der Waals surface area contributed by atoms with Gasteiger partial charge >= 0.3 is 0 Å². The van der Waals surface area contributed by atoms with E-state index in [1.54, 1.807) is 10.4 Å². The van der Waals surface area contributed by atoms with Gasteiger partial charge < -0.3 is 0 Å². The Morgan fingerprint density at radius 1 is 0.500 bits per heavy atom. The molecule has 116 valence electrons. The van der Waals surface area contributed by atoms with Gasteiger partial charge in [0.2, 0.25) is 0 Å². The van der Waals surface area contributed by atoms with Crippen molar-refractivity contribution >= 4 is 26.5 Å². The van der Waals surface area contributed by atoms with E-state index in [1.807, 2.05) is 0 Å². The van der Waals surface area contributed by atoms with E-state index < -0.39 is 16.1 Å². The maximum absolute atomic E-state index is 2.47. The van der Waals surface area contributed by atoms with Gasteiger partial charge in [-0.2, -0.15) is 0 Å². The van der Waals surface area contributed by atoms with Crippen LogP contribution >= 0.6 is 0 Å². The average molecular weight is 325 g/mol. The zero-order valence-corrected chi connectivity index (χ0v) is 16.8. The molecule has 0 aliphatic carbocycles. The van der Waals surface area contributed by atoms with Crippen molar-refractivity contribution in [3.05, 3.63) is 71.8 Å². The van der Waals surface area contributed by atoms with Crippen LogP contribution in [0, 0.1) is 0 Å². The summed E-state index contributed by atoms with van der Waals surface area (Å²) in [5.41, 5.74) is 2.84. The molecule has 2 aromatic rings. The quantitative estimate of drug-likeness (QED) is 0.454. The van der Waals surface area contributed by atoms with Gasteiger partial charge in [-0.05, 0) is 11.1 Å². The van der Waals surface area contributed by atoms with Crippen LogP contribution < -0.4 is 0 Å². The Morgan fingerprint density at radius 2 is 0.773 bits per heavy atom. The van der Waals surface area contributed by atoms with E-state index in [0.717, 1.165) is 0 Å². The van der Waals surface area contributed by atoms with Gasteiger partial charge in [0, 0.05) is 0 Å². The van der Waals surface area contributed by atoms with Crippen molar-refractivity contribution in [2.24, 2.45) is 0 Å². The lowest BCUT2D eigenvalue weighted by atomic mass is 10.1. The molecule has 0 aliphatic heterocycles. The molecular formula is C20H28Si2. The minimum atomic E-state index is -1.47. The zero-order valence-electron chi connectivity index (χ0n) is 14.8. The highest BCUT2D eigenvalue weighted by atomic mass is 28.3. The summed E-state index contributed by atoms with van der Waals surface area (Å²) in [6.45, 7) is 14.8. The van der Waals surface area contributed by atoms with Crippen LogP contribution in [-0.4, -0.2) is 16.1 Å². The van der Waals surface area contributed by atoms with E-state index in [0.29, 0.717) is 0 Å². The lowest BCUT2D eigenvalue weighted by molar-refractivity contribution is 1.58. The molecule has 0 N–H and O–H groups in total. The Hall–Kier alpha value is -1.39. The summed E-state index contributed by atoms with van der Waals surface area (Å²) in [6, 6.07) is 22.1. The van der Waals surface area contributed by atoms with Crippen LogP contribution in [-0.2, 0) is 0 Å². The van der Waals surface area contributed by atoms with Crippen molar-refractivity contribution < 1.29 is 0 Å². The number of rotatable bonds is 4. The van der Waals surface area contributed by atoms with Gasteiger partial charge in [-0.15, -0.1) is 0 Å². The van der Waals surface area contributed by atoms with Gasteiger partial charge in [0.25, 0.3) is 0 Å². The molecule has 0 nitrogen and oxygen atoms in total. The van der Waals surface area contributed by atoms with Crippen LogP contribution in [0.1, 0.15) is 11.1 Å². The second-order valence-electron chi connectivity index (χ2n) is 7.98. The molecule has 0 aromatic heterocycles. The van der Waals surface area contributed by atoms with Crippen LogP contribution in [0.5, 0.6) is 0 Å². The highest BCUT2D eigenvalue weighted by Crippen LogP contribution is 2.38. The minimum absolute atomic E-state index is 1.42. The fourth-order valence-electron chi connectivity index (χ4n) is 3.11. The topological polar surface area (TPSA) is 0 Å². The molecule has 22 heavy (non-hydrogen) atoms. The Bertz CT molecular complexity index is 582. The normalized spacial score (nSPS) is 13.7. The van der Waals surface area contributed by atoms with Crippen LogP contribution in [0.4, 0.5) is 0 Å². The fraction of sp³-hybridized carbons (Fsp3) is 0.300. The third-order valence-electron chi connectivity index (χ3n) is 3.87. The van der Waals surface area contributed by atoms with E-state index in [2.05, 4.69) is 99.9 Å². The van der Waals surface area contributed by atoms with Crippen LogP contribution in [0.2, 0.25) is 39.3 Å². The number of hydrogen-bond donors (Lipinski definition) is 0. The summed E-state index contributed by atoms with van der Waals surface area (Å²) >= 11 is 0. The second kappa shape index (κ2) is 6.39. The molecule has 0 saturated heterocycles. The molecule has 0 atom stereocenters. The van der Waals surface area contributed by atoms with Crippen LogP contribution in [0.25, 0.3) is 10.4 Å². The van der Waals surface area contributed by atoms with Crippen molar-refractivity contribution in [2.45, 2.75) is 39.3 Å². The smallest absolute Gasteiger partial charge is 0.0656 e. The van der Waals surface area contributed by atoms with Crippen molar-refractivity contribution in [3.63, 3.8) is 0 Å². The average Bonchev–Trinajstić information content (AvgIpc) is 2.44. The van der Waals surface area contributed by atoms with Gasteiger partial charge in [0.1, 0.15) is 0 Å². The third-order valence-corrected chi connectivity index (χ3v) is 8.20.